The lowest BCUT2D eigenvalue weighted by Crippen LogP contribution is -2.38. The minimum absolute atomic E-state index is 0.147. The number of aryl methyl sites for hydroxylation is 1. The number of ether oxygens (including phenoxy) is 2. The summed E-state index contributed by atoms with van der Waals surface area (Å²) < 4.78 is 12.5. The topological polar surface area (TPSA) is 61.2 Å². The summed E-state index contributed by atoms with van der Waals surface area (Å²) in [5.74, 6) is 1.02. The molecule has 0 aromatic carbocycles. The SMILES string of the molecule is COCCNCC1(Cc2ncnn2C)CCOC1. The lowest BCUT2D eigenvalue weighted by Gasteiger charge is -2.27. The Kier molecular flexibility index (Phi) is 4.68. The van der Waals surface area contributed by atoms with Crippen molar-refractivity contribution in [3.05, 3.63) is 12.2 Å². The normalized spacial score (nSPS) is 23.7. The number of hydrogen-bond donors (Lipinski definition) is 1. The highest BCUT2D eigenvalue weighted by molar-refractivity contribution is 4.96. The second-order valence-corrected chi connectivity index (χ2v) is 4.95. The number of aromatic nitrogens is 3. The van der Waals surface area contributed by atoms with Crippen molar-refractivity contribution in [1.29, 1.82) is 0 Å². The molecular weight excluding hydrogens is 232 g/mol. The van der Waals surface area contributed by atoms with Crippen molar-refractivity contribution in [2.24, 2.45) is 12.5 Å². The molecule has 6 nitrogen and oxygen atoms in total. The highest BCUT2D eigenvalue weighted by atomic mass is 16.5. The van der Waals surface area contributed by atoms with Gasteiger partial charge in [0.15, 0.2) is 0 Å². The fraction of sp³-hybridized carbons (Fsp3) is 0.833. The molecule has 1 aliphatic heterocycles. The van der Waals surface area contributed by atoms with Crippen molar-refractivity contribution in [3.8, 4) is 0 Å². The predicted molar refractivity (Wildman–Crippen MR) is 67.3 cm³/mol. The summed E-state index contributed by atoms with van der Waals surface area (Å²) in [7, 11) is 3.65. The standard InChI is InChI=1S/C12H22N4O2/c1-16-11(14-10-15-16)7-12(3-5-18-9-12)8-13-4-6-17-2/h10,13H,3-9H2,1-2H3. The van der Waals surface area contributed by atoms with E-state index in [1.54, 1.807) is 13.4 Å². The van der Waals surface area contributed by atoms with Crippen LogP contribution in [0.15, 0.2) is 6.33 Å². The van der Waals surface area contributed by atoms with E-state index in [0.717, 1.165) is 51.6 Å². The average Bonchev–Trinajstić information content (AvgIpc) is 2.97. The molecule has 1 aromatic rings. The molecule has 1 atom stereocenters. The van der Waals surface area contributed by atoms with Gasteiger partial charge in [0.2, 0.25) is 0 Å². The van der Waals surface area contributed by atoms with Crippen LogP contribution in [0.4, 0.5) is 0 Å². The van der Waals surface area contributed by atoms with Crippen LogP contribution in [0.25, 0.3) is 0 Å². The molecular formula is C12H22N4O2. The third kappa shape index (κ3) is 3.28. The lowest BCUT2D eigenvalue weighted by molar-refractivity contribution is 0.143. The van der Waals surface area contributed by atoms with Gasteiger partial charge in [-0.3, -0.25) is 4.68 Å². The van der Waals surface area contributed by atoms with Crippen LogP contribution in [0.5, 0.6) is 0 Å². The first-order chi connectivity index (χ1) is 8.76. The zero-order valence-electron chi connectivity index (χ0n) is 11.2. The van der Waals surface area contributed by atoms with Gasteiger partial charge >= 0.3 is 0 Å². The predicted octanol–water partition coefficient (Wildman–Crippen LogP) is 0.000300. The first-order valence-corrected chi connectivity index (χ1v) is 6.36. The van der Waals surface area contributed by atoms with Crippen molar-refractivity contribution < 1.29 is 9.47 Å². The first kappa shape index (κ1) is 13.5. The molecule has 6 heteroatoms. The Labute approximate surface area is 108 Å². The molecule has 2 heterocycles. The summed E-state index contributed by atoms with van der Waals surface area (Å²) in [6.45, 7) is 4.17. The van der Waals surface area contributed by atoms with Crippen LogP contribution >= 0.6 is 0 Å². The highest BCUT2D eigenvalue weighted by Crippen LogP contribution is 2.31. The second-order valence-electron chi connectivity index (χ2n) is 4.95. The van der Waals surface area contributed by atoms with E-state index in [0.29, 0.717) is 0 Å². The maximum absolute atomic E-state index is 5.58. The van der Waals surface area contributed by atoms with Crippen LogP contribution in [0.3, 0.4) is 0 Å². The van der Waals surface area contributed by atoms with Gasteiger partial charge in [-0.15, -0.1) is 0 Å². The Balaban J connectivity index is 1.92. The lowest BCUT2D eigenvalue weighted by atomic mass is 9.83. The van der Waals surface area contributed by atoms with Gasteiger partial charge in [-0.2, -0.15) is 5.10 Å². The molecule has 0 aliphatic carbocycles. The summed E-state index contributed by atoms with van der Waals surface area (Å²) in [6, 6.07) is 0. The Morgan fingerprint density at radius 3 is 3.11 bits per heavy atom. The molecule has 1 fully saturated rings. The van der Waals surface area contributed by atoms with Crippen molar-refractivity contribution in [2.75, 3.05) is 40.0 Å². The van der Waals surface area contributed by atoms with Crippen LogP contribution in [0.1, 0.15) is 12.2 Å². The monoisotopic (exact) mass is 254 g/mol. The Hall–Kier alpha value is -0.980. The van der Waals surface area contributed by atoms with E-state index in [-0.39, 0.29) is 5.41 Å². The summed E-state index contributed by atoms with van der Waals surface area (Å²) in [5.41, 5.74) is 0.147. The third-order valence-electron chi connectivity index (χ3n) is 3.51. The number of rotatable bonds is 7. The molecule has 1 N–H and O–H groups in total. The van der Waals surface area contributed by atoms with Gasteiger partial charge < -0.3 is 14.8 Å². The summed E-state index contributed by atoms with van der Waals surface area (Å²) in [4.78, 5) is 4.31. The largest absolute Gasteiger partial charge is 0.383 e. The summed E-state index contributed by atoms with van der Waals surface area (Å²) in [6.07, 6.45) is 3.58. The number of nitrogens with zero attached hydrogens (tertiary/aromatic N) is 3. The van der Waals surface area contributed by atoms with E-state index in [9.17, 15) is 0 Å². The molecule has 1 aromatic heterocycles. The van der Waals surface area contributed by atoms with E-state index in [1.165, 1.54) is 0 Å². The number of hydrogen-bond acceptors (Lipinski definition) is 5. The molecule has 0 bridgehead atoms. The van der Waals surface area contributed by atoms with E-state index in [1.807, 2.05) is 11.7 Å². The maximum atomic E-state index is 5.58. The van der Waals surface area contributed by atoms with Crippen LogP contribution in [-0.2, 0) is 22.9 Å². The minimum Gasteiger partial charge on any atom is -0.383 e. The van der Waals surface area contributed by atoms with Crippen molar-refractivity contribution in [3.63, 3.8) is 0 Å². The fourth-order valence-corrected chi connectivity index (χ4v) is 2.33. The van der Waals surface area contributed by atoms with E-state index in [2.05, 4.69) is 15.4 Å². The number of nitrogens with one attached hydrogen (secondary N) is 1. The molecule has 2 rings (SSSR count). The molecule has 102 valence electrons. The number of methoxy groups -OCH3 is 1. The van der Waals surface area contributed by atoms with Crippen molar-refractivity contribution in [2.45, 2.75) is 12.8 Å². The molecule has 0 amide bonds. The van der Waals surface area contributed by atoms with Gasteiger partial charge in [0, 0.05) is 45.7 Å². The van der Waals surface area contributed by atoms with Crippen LogP contribution in [-0.4, -0.2) is 54.8 Å². The van der Waals surface area contributed by atoms with Crippen LogP contribution in [0.2, 0.25) is 0 Å². The van der Waals surface area contributed by atoms with Gasteiger partial charge in [0.05, 0.1) is 13.2 Å². The van der Waals surface area contributed by atoms with E-state index < -0.39 is 0 Å². The average molecular weight is 254 g/mol. The van der Waals surface area contributed by atoms with Crippen molar-refractivity contribution >= 4 is 0 Å². The highest BCUT2D eigenvalue weighted by Gasteiger charge is 2.36. The zero-order chi connectivity index (χ0) is 12.8. The van der Waals surface area contributed by atoms with Crippen LogP contribution < -0.4 is 5.32 Å². The van der Waals surface area contributed by atoms with Gasteiger partial charge in [0.25, 0.3) is 0 Å². The van der Waals surface area contributed by atoms with Gasteiger partial charge in [0.1, 0.15) is 12.2 Å². The molecule has 1 aliphatic rings. The van der Waals surface area contributed by atoms with Crippen LogP contribution in [0, 0.1) is 5.41 Å². The quantitative estimate of drug-likeness (QED) is 0.694. The fourth-order valence-electron chi connectivity index (χ4n) is 2.33. The first-order valence-electron chi connectivity index (χ1n) is 6.36. The molecule has 0 saturated carbocycles. The smallest absolute Gasteiger partial charge is 0.138 e. The second kappa shape index (κ2) is 6.26. The molecule has 1 saturated heterocycles. The van der Waals surface area contributed by atoms with Gasteiger partial charge in [-0.05, 0) is 6.42 Å². The molecule has 0 radical (unpaired) electrons. The van der Waals surface area contributed by atoms with Gasteiger partial charge in [-0.25, -0.2) is 4.98 Å². The van der Waals surface area contributed by atoms with E-state index >= 15 is 0 Å². The molecule has 18 heavy (non-hydrogen) atoms. The molecule has 1 unspecified atom stereocenters. The van der Waals surface area contributed by atoms with E-state index in [4.69, 9.17) is 9.47 Å². The zero-order valence-corrected chi connectivity index (χ0v) is 11.2. The van der Waals surface area contributed by atoms with Crippen molar-refractivity contribution in [1.82, 2.24) is 20.1 Å². The maximum Gasteiger partial charge on any atom is 0.138 e. The third-order valence-corrected chi connectivity index (χ3v) is 3.51. The Morgan fingerprint density at radius 1 is 1.61 bits per heavy atom. The summed E-state index contributed by atoms with van der Waals surface area (Å²) >= 11 is 0. The molecule has 0 spiro atoms. The summed E-state index contributed by atoms with van der Waals surface area (Å²) in [5, 5.41) is 7.56. The minimum atomic E-state index is 0.147. The Morgan fingerprint density at radius 2 is 2.50 bits per heavy atom. The van der Waals surface area contributed by atoms with Gasteiger partial charge in [-0.1, -0.05) is 0 Å². The Bertz CT molecular complexity index is 361.